The number of nitrogens with one attached hydrogen (secondary N) is 1. The molecule has 0 bridgehead atoms. The van der Waals surface area contributed by atoms with Gasteiger partial charge in [-0.25, -0.2) is 4.98 Å². The number of hydrogen-bond donors (Lipinski definition) is 1. The van der Waals surface area contributed by atoms with Gasteiger partial charge in [-0.05, 0) is 30.7 Å². The number of nitrogens with zero attached hydrogens (tertiary/aromatic N) is 3. The van der Waals surface area contributed by atoms with Gasteiger partial charge in [-0.1, -0.05) is 36.3 Å². The predicted molar refractivity (Wildman–Crippen MR) is 110 cm³/mol. The second kappa shape index (κ2) is 7.74. The van der Waals surface area contributed by atoms with Crippen LogP contribution in [0.25, 0.3) is 34.1 Å². The highest BCUT2D eigenvalue weighted by atomic mass is 32.1. The molecule has 0 aliphatic rings. The molecule has 0 saturated carbocycles. The maximum absolute atomic E-state index is 11.1. The molecule has 6 nitrogen and oxygen atoms in total. The summed E-state index contributed by atoms with van der Waals surface area (Å²) in [6.07, 6.45) is 0.945. The molecule has 0 atom stereocenters. The number of aryl methyl sites for hydroxylation is 1. The van der Waals surface area contributed by atoms with E-state index in [-0.39, 0.29) is 5.91 Å². The minimum atomic E-state index is -0.111. The molecule has 0 aliphatic heterocycles. The fraction of sp³-hybridized carbons (Fsp3) is 0.143. The molecule has 0 radical (unpaired) electrons. The normalized spacial score (nSPS) is 10.8. The van der Waals surface area contributed by atoms with Crippen LogP contribution in [0.3, 0.4) is 0 Å². The van der Waals surface area contributed by atoms with Gasteiger partial charge in [-0.2, -0.15) is 4.98 Å². The third kappa shape index (κ3) is 3.84. The van der Waals surface area contributed by atoms with Crippen molar-refractivity contribution in [1.29, 1.82) is 0 Å². The maximum atomic E-state index is 11.1. The van der Waals surface area contributed by atoms with Crippen molar-refractivity contribution in [2.24, 2.45) is 0 Å². The summed E-state index contributed by atoms with van der Waals surface area (Å²) < 4.78 is 5.40. The van der Waals surface area contributed by atoms with Crippen LogP contribution in [0.15, 0.2) is 58.4 Å². The Morgan fingerprint density at radius 2 is 1.68 bits per heavy atom. The summed E-state index contributed by atoms with van der Waals surface area (Å²) in [5, 5.41) is 10.0. The number of anilines is 1. The van der Waals surface area contributed by atoms with E-state index < -0.39 is 0 Å². The first-order valence-electron chi connectivity index (χ1n) is 8.89. The van der Waals surface area contributed by atoms with E-state index in [1.54, 1.807) is 23.5 Å². The highest BCUT2D eigenvalue weighted by Crippen LogP contribution is 2.27. The van der Waals surface area contributed by atoms with Crippen LogP contribution in [-0.2, 0) is 11.2 Å². The Morgan fingerprint density at radius 1 is 1.00 bits per heavy atom. The van der Waals surface area contributed by atoms with E-state index in [1.807, 2.05) is 36.4 Å². The number of thiazole rings is 1. The number of hydrogen-bond acceptors (Lipinski definition) is 6. The number of aromatic nitrogens is 3. The molecular weight excluding hydrogens is 372 g/mol. The SMILES string of the molecule is CCc1nc(-c2ccc(-c3noc(-c4ccc(NC(C)=O)cc4)n3)cc2)cs1. The fourth-order valence-electron chi connectivity index (χ4n) is 2.75. The van der Waals surface area contributed by atoms with Gasteiger partial charge in [0.2, 0.25) is 11.7 Å². The van der Waals surface area contributed by atoms with Crippen molar-refractivity contribution in [3.05, 3.63) is 58.9 Å². The summed E-state index contributed by atoms with van der Waals surface area (Å²) in [5.74, 6) is 0.848. The van der Waals surface area contributed by atoms with Crippen LogP contribution in [0.2, 0.25) is 0 Å². The third-order valence-corrected chi connectivity index (χ3v) is 5.16. The van der Waals surface area contributed by atoms with Crippen molar-refractivity contribution in [2.75, 3.05) is 5.32 Å². The molecule has 4 rings (SSSR count). The molecule has 0 unspecified atom stereocenters. The summed E-state index contributed by atoms with van der Waals surface area (Å²) in [5.41, 5.74) is 4.44. The molecule has 4 aromatic rings. The van der Waals surface area contributed by atoms with E-state index in [0.29, 0.717) is 11.7 Å². The minimum Gasteiger partial charge on any atom is -0.334 e. The highest BCUT2D eigenvalue weighted by Gasteiger charge is 2.11. The van der Waals surface area contributed by atoms with E-state index in [0.717, 1.165) is 39.5 Å². The molecule has 28 heavy (non-hydrogen) atoms. The Kier molecular flexibility index (Phi) is 4.99. The fourth-order valence-corrected chi connectivity index (χ4v) is 3.51. The van der Waals surface area contributed by atoms with Crippen molar-refractivity contribution in [1.82, 2.24) is 15.1 Å². The summed E-state index contributed by atoms with van der Waals surface area (Å²) in [6.45, 7) is 3.58. The van der Waals surface area contributed by atoms with Gasteiger partial charge < -0.3 is 9.84 Å². The summed E-state index contributed by atoms with van der Waals surface area (Å²) in [6, 6.07) is 15.2. The molecule has 0 saturated heterocycles. The summed E-state index contributed by atoms with van der Waals surface area (Å²) in [7, 11) is 0. The number of amides is 1. The molecule has 7 heteroatoms. The molecule has 140 valence electrons. The van der Waals surface area contributed by atoms with Crippen molar-refractivity contribution < 1.29 is 9.32 Å². The Labute approximate surface area is 166 Å². The second-order valence-corrected chi connectivity index (χ2v) is 7.18. The van der Waals surface area contributed by atoms with Crippen molar-refractivity contribution in [3.8, 4) is 34.1 Å². The topological polar surface area (TPSA) is 80.9 Å². The standard InChI is InChI=1S/C21H18N4O2S/c1-3-19-23-18(12-28-19)14-4-6-15(7-5-14)20-24-21(27-25-20)16-8-10-17(11-9-16)22-13(2)26/h4-12H,3H2,1-2H3,(H,22,26). The van der Waals surface area contributed by atoms with E-state index in [9.17, 15) is 4.79 Å². The van der Waals surface area contributed by atoms with Gasteiger partial charge in [0.05, 0.1) is 10.7 Å². The first-order valence-corrected chi connectivity index (χ1v) is 9.77. The lowest BCUT2D eigenvalue weighted by Gasteiger charge is -2.01. The number of carbonyl (C=O) groups is 1. The smallest absolute Gasteiger partial charge is 0.258 e. The molecule has 0 spiro atoms. The molecule has 1 N–H and O–H groups in total. The van der Waals surface area contributed by atoms with Crippen LogP contribution >= 0.6 is 11.3 Å². The lowest BCUT2D eigenvalue weighted by molar-refractivity contribution is -0.114. The number of benzene rings is 2. The Morgan fingerprint density at radius 3 is 2.32 bits per heavy atom. The zero-order valence-corrected chi connectivity index (χ0v) is 16.3. The van der Waals surface area contributed by atoms with Gasteiger partial charge in [0.1, 0.15) is 0 Å². The zero-order chi connectivity index (χ0) is 19.5. The number of rotatable bonds is 5. The first-order chi connectivity index (χ1) is 13.6. The van der Waals surface area contributed by atoms with E-state index >= 15 is 0 Å². The average molecular weight is 390 g/mol. The molecule has 2 heterocycles. The zero-order valence-electron chi connectivity index (χ0n) is 15.5. The van der Waals surface area contributed by atoms with Gasteiger partial charge in [-0.15, -0.1) is 11.3 Å². The van der Waals surface area contributed by atoms with Crippen molar-refractivity contribution in [2.45, 2.75) is 20.3 Å². The monoisotopic (exact) mass is 390 g/mol. The van der Waals surface area contributed by atoms with Gasteiger partial charge in [0.15, 0.2) is 0 Å². The van der Waals surface area contributed by atoms with E-state index in [2.05, 4.69) is 32.7 Å². The Balaban J connectivity index is 1.53. The quantitative estimate of drug-likeness (QED) is 0.516. The summed E-state index contributed by atoms with van der Waals surface area (Å²) in [4.78, 5) is 20.2. The number of carbonyl (C=O) groups excluding carboxylic acids is 1. The van der Waals surface area contributed by atoms with Gasteiger partial charge in [-0.3, -0.25) is 4.79 Å². The summed E-state index contributed by atoms with van der Waals surface area (Å²) >= 11 is 1.68. The molecule has 0 aliphatic carbocycles. The van der Waals surface area contributed by atoms with Crippen molar-refractivity contribution in [3.63, 3.8) is 0 Å². The van der Waals surface area contributed by atoms with Crippen LogP contribution in [-0.4, -0.2) is 21.0 Å². The third-order valence-electron chi connectivity index (χ3n) is 4.17. The maximum Gasteiger partial charge on any atom is 0.258 e. The van der Waals surface area contributed by atoms with Gasteiger partial charge in [0.25, 0.3) is 5.89 Å². The van der Waals surface area contributed by atoms with Crippen LogP contribution in [0.5, 0.6) is 0 Å². The average Bonchev–Trinajstić information content (AvgIpc) is 3.38. The lowest BCUT2D eigenvalue weighted by atomic mass is 10.1. The highest BCUT2D eigenvalue weighted by molar-refractivity contribution is 7.09. The second-order valence-electron chi connectivity index (χ2n) is 6.24. The molecule has 2 aromatic carbocycles. The lowest BCUT2D eigenvalue weighted by Crippen LogP contribution is -2.05. The van der Waals surface area contributed by atoms with Crippen LogP contribution in [0.4, 0.5) is 5.69 Å². The predicted octanol–water partition coefficient (Wildman–Crippen LogP) is 5.05. The van der Waals surface area contributed by atoms with Gasteiger partial charge >= 0.3 is 0 Å². The van der Waals surface area contributed by atoms with E-state index in [1.165, 1.54) is 6.92 Å². The molecular formula is C21H18N4O2S. The van der Waals surface area contributed by atoms with E-state index in [4.69, 9.17) is 4.52 Å². The molecule has 2 aromatic heterocycles. The molecule has 1 amide bonds. The largest absolute Gasteiger partial charge is 0.334 e. The van der Waals surface area contributed by atoms with Crippen LogP contribution in [0.1, 0.15) is 18.9 Å². The van der Waals surface area contributed by atoms with Gasteiger partial charge in [0, 0.05) is 34.7 Å². The van der Waals surface area contributed by atoms with Crippen LogP contribution < -0.4 is 5.32 Å². The first kappa shape index (κ1) is 18.1. The van der Waals surface area contributed by atoms with Crippen molar-refractivity contribution >= 4 is 22.9 Å². The Hall–Kier alpha value is -3.32. The van der Waals surface area contributed by atoms with Crippen LogP contribution in [0, 0.1) is 0 Å². The minimum absolute atomic E-state index is 0.111. The Bertz CT molecular complexity index is 1100. The molecule has 0 fully saturated rings.